The highest BCUT2D eigenvalue weighted by Crippen LogP contribution is 2.12. The SMILES string of the molecule is CCNc1cc(NCCC(O)CC)nc(CC)n1. The molecule has 0 radical (unpaired) electrons. The van der Waals surface area contributed by atoms with Crippen molar-refractivity contribution in [1.29, 1.82) is 0 Å². The number of aliphatic hydroxyl groups excluding tert-OH is 1. The summed E-state index contributed by atoms with van der Waals surface area (Å²) in [5.41, 5.74) is 0. The van der Waals surface area contributed by atoms with Crippen molar-refractivity contribution in [2.24, 2.45) is 0 Å². The number of nitrogens with zero attached hydrogens (tertiary/aromatic N) is 2. The standard InChI is InChI=1S/C13H24N4O/c1-4-10(18)7-8-15-13-9-12(14-6-3)16-11(5-2)17-13/h9-10,18H,4-8H2,1-3H3,(H2,14,15,16,17). The summed E-state index contributed by atoms with van der Waals surface area (Å²) in [5.74, 6) is 2.50. The van der Waals surface area contributed by atoms with Gasteiger partial charge in [-0.15, -0.1) is 0 Å². The molecule has 1 unspecified atom stereocenters. The number of nitrogens with one attached hydrogen (secondary N) is 2. The fourth-order valence-electron chi connectivity index (χ4n) is 1.59. The summed E-state index contributed by atoms with van der Waals surface area (Å²) in [6.07, 6.45) is 2.09. The lowest BCUT2D eigenvalue weighted by molar-refractivity contribution is 0.164. The average Bonchev–Trinajstić information content (AvgIpc) is 2.38. The summed E-state index contributed by atoms with van der Waals surface area (Å²) < 4.78 is 0. The van der Waals surface area contributed by atoms with E-state index in [2.05, 4.69) is 20.6 Å². The van der Waals surface area contributed by atoms with Gasteiger partial charge in [-0.05, 0) is 19.8 Å². The molecule has 102 valence electrons. The fourth-order valence-corrected chi connectivity index (χ4v) is 1.59. The maximum Gasteiger partial charge on any atom is 0.132 e. The third-order valence-corrected chi connectivity index (χ3v) is 2.70. The Morgan fingerprint density at radius 2 is 1.83 bits per heavy atom. The minimum Gasteiger partial charge on any atom is -0.393 e. The first-order valence-electron chi connectivity index (χ1n) is 6.73. The van der Waals surface area contributed by atoms with Crippen molar-refractivity contribution in [1.82, 2.24) is 9.97 Å². The predicted molar refractivity (Wildman–Crippen MR) is 75.0 cm³/mol. The number of anilines is 2. The number of aryl methyl sites for hydroxylation is 1. The van der Waals surface area contributed by atoms with E-state index in [1.807, 2.05) is 26.8 Å². The number of hydrogen-bond acceptors (Lipinski definition) is 5. The molecule has 1 rings (SSSR count). The molecule has 1 atom stereocenters. The van der Waals surface area contributed by atoms with Crippen molar-refractivity contribution in [3.8, 4) is 0 Å². The quantitative estimate of drug-likeness (QED) is 0.660. The third kappa shape index (κ3) is 4.87. The lowest BCUT2D eigenvalue weighted by Crippen LogP contribution is -2.14. The van der Waals surface area contributed by atoms with Gasteiger partial charge in [0.05, 0.1) is 6.10 Å². The van der Waals surface area contributed by atoms with Crippen LogP contribution in [-0.2, 0) is 6.42 Å². The lowest BCUT2D eigenvalue weighted by atomic mass is 10.2. The van der Waals surface area contributed by atoms with Crippen LogP contribution in [0.4, 0.5) is 11.6 Å². The van der Waals surface area contributed by atoms with Crippen LogP contribution in [0.1, 0.15) is 39.4 Å². The van der Waals surface area contributed by atoms with E-state index in [0.29, 0.717) is 0 Å². The van der Waals surface area contributed by atoms with Crippen LogP contribution in [0.5, 0.6) is 0 Å². The Morgan fingerprint density at radius 3 is 2.39 bits per heavy atom. The topological polar surface area (TPSA) is 70.1 Å². The van der Waals surface area contributed by atoms with Gasteiger partial charge in [-0.3, -0.25) is 0 Å². The highest BCUT2D eigenvalue weighted by Gasteiger charge is 2.04. The molecule has 0 fully saturated rings. The van der Waals surface area contributed by atoms with E-state index < -0.39 is 0 Å². The summed E-state index contributed by atoms with van der Waals surface area (Å²) in [6.45, 7) is 7.62. The Balaban J connectivity index is 2.60. The zero-order valence-electron chi connectivity index (χ0n) is 11.5. The molecule has 1 aromatic rings. The highest BCUT2D eigenvalue weighted by atomic mass is 16.3. The second kappa shape index (κ2) is 7.87. The Kier molecular flexibility index (Phi) is 6.43. The molecule has 0 aliphatic carbocycles. The molecule has 0 aliphatic heterocycles. The van der Waals surface area contributed by atoms with E-state index in [9.17, 15) is 5.11 Å². The summed E-state index contributed by atoms with van der Waals surface area (Å²) in [6, 6.07) is 1.90. The van der Waals surface area contributed by atoms with E-state index in [1.54, 1.807) is 0 Å². The molecule has 1 aromatic heterocycles. The average molecular weight is 252 g/mol. The molecule has 0 spiro atoms. The smallest absolute Gasteiger partial charge is 0.132 e. The first kappa shape index (κ1) is 14.7. The Morgan fingerprint density at radius 1 is 1.17 bits per heavy atom. The van der Waals surface area contributed by atoms with Gasteiger partial charge < -0.3 is 15.7 Å². The Hall–Kier alpha value is -1.36. The lowest BCUT2D eigenvalue weighted by Gasteiger charge is -2.11. The minimum atomic E-state index is -0.238. The highest BCUT2D eigenvalue weighted by molar-refractivity contribution is 5.47. The summed E-state index contributed by atoms with van der Waals surface area (Å²) in [7, 11) is 0. The molecule has 1 heterocycles. The van der Waals surface area contributed by atoms with Gasteiger partial charge in [0.2, 0.25) is 0 Å². The normalized spacial score (nSPS) is 12.2. The monoisotopic (exact) mass is 252 g/mol. The number of aliphatic hydroxyl groups is 1. The van der Waals surface area contributed by atoms with Crippen LogP contribution in [0.25, 0.3) is 0 Å². The van der Waals surface area contributed by atoms with E-state index in [-0.39, 0.29) is 6.10 Å². The predicted octanol–water partition coefficient (Wildman–Crippen LogP) is 2.04. The molecule has 0 aromatic carbocycles. The zero-order chi connectivity index (χ0) is 13.4. The van der Waals surface area contributed by atoms with Crippen LogP contribution in [0, 0.1) is 0 Å². The van der Waals surface area contributed by atoms with Crippen LogP contribution in [-0.4, -0.2) is 34.3 Å². The number of rotatable bonds is 8. The van der Waals surface area contributed by atoms with Gasteiger partial charge in [-0.25, -0.2) is 9.97 Å². The zero-order valence-corrected chi connectivity index (χ0v) is 11.5. The third-order valence-electron chi connectivity index (χ3n) is 2.70. The van der Waals surface area contributed by atoms with E-state index >= 15 is 0 Å². The molecule has 0 aliphatic rings. The largest absolute Gasteiger partial charge is 0.393 e. The molecule has 5 nitrogen and oxygen atoms in total. The van der Waals surface area contributed by atoms with Gasteiger partial charge in [0.1, 0.15) is 17.5 Å². The molecule has 18 heavy (non-hydrogen) atoms. The van der Waals surface area contributed by atoms with E-state index in [1.165, 1.54) is 0 Å². The molecular weight excluding hydrogens is 228 g/mol. The van der Waals surface area contributed by atoms with Crippen molar-refractivity contribution < 1.29 is 5.11 Å². The Labute approximate surface area is 109 Å². The van der Waals surface area contributed by atoms with Gasteiger partial charge in [0.15, 0.2) is 0 Å². The van der Waals surface area contributed by atoms with Crippen molar-refractivity contribution in [3.05, 3.63) is 11.9 Å². The van der Waals surface area contributed by atoms with Gasteiger partial charge in [0.25, 0.3) is 0 Å². The van der Waals surface area contributed by atoms with Crippen LogP contribution in [0.15, 0.2) is 6.07 Å². The molecule has 3 N–H and O–H groups in total. The summed E-state index contributed by atoms with van der Waals surface area (Å²) in [5, 5.41) is 15.9. The van der Waals surface area contributed by atoms with Crippen molar-refractivity contribution in [2.45, 2.75) is 46.1 Å². The van der Waals surface area contributed by atoms with Crippen LogP contribution < -0.4 is 10.6 Å². The molecule has 0 saturated carbocycles. The van der Waals surface area contributed by atoms with Crippen molar-refractivity contribution >= 4 is 11.6 Å². The van der Waals surface area contributed by atoms with Crippen molar-refractivity contribution in [3.63, 3.8) is 0 Å². The molecular formula is C13H24N4O. The van der Waals surface area contributed by atoms with Crippen LogP contribution in [0.3, 0.4) is 0 Å². The van der Waals surface area contributed by atoms with Crippen LogP contribution >= 0.6 is 0 Å². The minimum absolute atomic E-state index is 0.238. The van der Waals surface area contributed by atoms with E-state index in [0.717, 1.165) is 49.8 Å². The van der Waals surface area contributed by atoms with Gasteiger partial charge in [-0.1, -0.05) is 13.8 Å². The van der Waals surface area contributed by atoms with Crippen LogP contribution in [0.2, 0.25) is 0 Å². The number of aromatic nitrogens is 2. The first-order chi connectivity index (χ1) is 8.69. The first-order valence-corrected chi connectivity index (χ1v) is 6.73. The van der Waals surface area contributed by atoms with Crippen molar-refractivity contribution in [2.75, 3.05) is 23.7 Å². The van der Waals surface area contributed by atoms with Gasteiger partial charge in [0, 0.05) is 25.6 Å². The summed E-state index contributed by atoms with van der Waals surface area (Å²) in [4.78, 5) is 8.80. The maximum absolute atomic E-state index is 9.49. The van der Waals surface area contributed by atoms with Gasteiger partial charge >= 0.3 is 0 Å². The van der Waals surface area contributed by atoms with E-state index in [4.69, 9.17) is 0 Å². The molecule has 0 bridgehead atoms. The molecule has 0 saturated heterocycles. The Bertz CT molecular complexity index is 357. The second-order valence-electron chi connectivity index (χ2n) is 4.22. The summed E-state index contributed by atoms with van der Waals surface area (Å²) >= 11 is 0. The second-order valence-corrected chi connectivity index (χ2v) is 4.22. The maximum atomic E-state index is 9.49. The van der Waals surface area contributed by atoms with Gasteiger partial charge in [-0.2, -0.15) is 0 Å². The fraction of sp³-hybridized carbons (Fsp3) is 0.692. The number of hydrogen-bond donors (Lipinski definition) is 3. The molecule has 5 heteroatoms. The molecule has 0 amide bonds.